The van der Waals surface area contributed by atoms with Gasteiger partial charge in [0, 0.05) is 32.2 Å². The fraction of sp³-hybridized carbons (Fsp3) is 0.533. The summed E-state index contributed by atoms with van der Waals surface area (Å²) in [4.78, 5) is 4.23. The Morgan fingerprint density at radius 3 is 3.00 bits per heavy atom. The van der Waals surface area contributed by atoms with Gasteiger partial charge in [0.2, 0.25) is 0 Å². The topological polar surface area (TPSA) is 30.8 Å². The maximum Gasteiger partial charge on any atom is 0.122 e. The van der Waals surface area contributed by atoms with Gasteiger partial charge in [0.1, 0.15) is 5.75 Å². The Bertz CT molecular complexity index is 428. The van der Waals surface area contributed by atoms with E-state index in [1.807, 2.05) is 19.2 Å². The maximum atomic E-state index is 5.69. The Kier molecular flexibility index (Phi) is 4.37. The van der Waals surface area contributed by atoms with Gasteiger partial charge >= 0.3 is 0 Å². The van der Waals surface area contributed by atoms with E-state index in [1.165, 1.54) is 5.56 Å². The summed E-state index contributed by atoms with van der Waals surface area (Å²) in [7, 11) is 3.62. The Hall–Kier alpha value is -1.35. The lowest BCUT2D eigenvalue weighted by atomic mass is 9.86. The van der Waals surface area contributed by atoms with Gasteiger partial charge in [-0.05, 0) is 25.0 Å². The van der Waals surface area contributed by atoms with Gasteiger partial charge in [-0.1, -0.05) is 18.2 Å². The monoisotopic (exact) mass is 247 g/mol. The van der Waals surface area contributed by atoms with Crippen molar-refractivity contribution in [3.8, 4) is 5.75 Å². The third-order valence-electron chi connectivity index (χ3n) is 3.63. The second-order valence-corrected chi connectivity index (χ2v) is 4.72. The van der Waals surface area contributed by atoms with Crippen LogP contribution in [0.3, 0.4) is 0 Å². The lowest BCUT2D eigenvalue weighted by Gasteiger charge is -2.31. The number of fused-ring (bicyclic) bond motifs is 1. The first-order valence-corrected chi connectivity index (χ1v) is 6.43. The van der Waals surface area contributed by atoms with Gasteiger partial charge in [0.05, 0.1) is 12.7 Å². The second kappa shape index (κ2) is 6.01. The van der Waals surface area contributed by atoms with Gasteiger partial charge < -0.3 is 9.47 Å². The highest BCUT2D eigenvalue weighted by Crippen LogP contribution is 2.37. The SMILES string of the molecule is CN=C(C)CC(OC)C1CCOc2ccccc21. The summed E-state index contributed by atoms with van der Waals surface area (Å²) in [5.41, 5.74) is 2.39. The first-order valence-electron chi connectivity index (χ1n) is 6.43. The fourth-order valence-corrected chi connectivity index (χ4v) is 2.53. The molecule has 0 aliphatic carbocycles. The van der Waals surface area contributed by atoms with Gasteiger partial charge in [-0.25, -0.2) is 0 Å². The molecule has 2 rings (SSSR count). The van der Waals surface area contributed by atoms with E-state index in [2.05, 4.69) is 24.0 Å². The summed E-state index contributed by atoms with van der Waals surface area (Å²) in [6.07, 6.45) is 2.07. The molecule has 2 atom stereocenters. The van der Waals surface area contributed by atoms with Crippen LogP contribution in [0.2, 0.25) is 0 Å². The zero-order chi connectivity index (χ0) is 13.0. The smallest absolute Gasteiger partial charge is 0.122 e. The Morgan fingerprint density at radius 1 is 1.50 bits per heavy atom. The van der Waals surface area contributed by atoms with Crippen LogP contribution >= 0.6 is 0 Å². The number of methoxy groups -OCH3 is 1. The van der Waals surface area contributed by atoms with E-state index in [0.717, 1.165) is 30.9 Å². The van der Waals surface area contributed by atoms with Crippen molar-refractivity contribution in [3.05, 3.63) is 29.8 Å². The molecule has 2 unspecified atom stereocenters. The number of para-hydroxylation sites is 1. The average molecular weight is 247 g/mol. The predicted molar refractivity (Wildman–Crippen MR) is 73.7 cm³/mol. The van der Waals surface area contributed by atoms with Crippen molar-refractivity contribution in [2.24, 2.45) is 4.99 Å². The molecule has 3 heteroatoms. The maximum absolute atomic E-state index is 5.69. The van der Waals surface area contributed by atoms with Gasteiger partial charge in [-0.3, -0.25) is 4.99 Å². The molecule has 0 radical (unpaired) electrons. The number of hydrogen-bond acceptors (Lipinski definition) is 3. The van der Waals surface area contributed by atoms with Crippen LogP contribution in [-0.4, -0.2) is 32.6 Å². The van der Waals surface area contributed by atoms with Crippen LogP contribution < -0.4 is 4.74 Å². The third-order valence-corrected chi connectivity index (χ3v) is 3.63. The highest BCUT2D eigenvalue weighted by Gasteiger charge is 2.29. The number of benzene rings is 1. The van der Waals surface area contributed by atoms with E-state index >= 15 is 0 Å². The minimum Gasteiger partial charge on any atom is -0.493 e. The summed E-state index contributed by atoms with van der Waals surface area (Å²) in [5.74, 6) is 1.40. The molecule has 0 amide bonds. The molecule has 0 saturated heterocycles. The van der Waals surface area contributed by atoms with E-state index in [4.69, 9.17) is 9.47 Å². The van der Waals surface area contributed by atoms with Crippen LogP contribution in [0.5, 0.6) is 5.75 Å². The summed E-state index contributed by atoms with van der Waals surface area (Å²) in [5, 5.41) is 0. The lowest BCUT2D eigenvalue weighted by molar-refractivity contribution is 0.0692. The molecule has 1 aliphatic rings. The number of rotatable bonds is 4. The van der Waals surface area contributed by atoms with E-state index in [-0.39, 0.29) is 6.10 Å². The summed E-state index contributed by atoms with van der Waals surface area (Å²) >= 11 is 0. The Morgan fingerprint density at radius 2 is 2.28 bits per heavy atom. The van der Waals surface area contributed by atoms with Gasteiger partial charge in [-0.2, -0.15) is 0 Å². The number of aliphatic imine (C=N–C) groups is 1. The molecule has 1 aromatic rings. The lowest BCUT2D eigenvalue weighted by Crippen LogP contribution is -2.28. The van der Waals surface area contributed by atoms with Crippen molar-refractivity contribution < 1.29 is 9.47 Å². The Balaban J connectivity index is 2.22. The van der Waals surface area contributed by atoms with Gasteiger partial charge in [0.15, 0.2) is 0 Å². The predicted octanol–water partition coefficient (Wildman–Crippen LogP) is 3.05. The first-order chi connectivity index (χ1) is 8.76. The number of hydrogen-bond donors (Lipinski definition) is 0. The second-order valence-electron chi connectivity index (χ2n) is 4.72. The molecular formula is C15H21NO2. The van der Waals surface area contributed by atoms with Crippen molar-refractivity contribution in [3.63, 3.8) is 0 Å². The van der Waals surface area contributed by atoms with Crippen LogP contribution in [0.1, 0.15) is 31.2 Å². The zero-order valence-corrected chi connectivity index (χ0v) is 11.3. The molecule has 0 aromatic heterocycles. The number of nitrogens with zero attached hydrogens (tertiary/aromatic N) is 1. The molecule has 1 aliphatic heterocycles. The van der Waals surface area contributed by atoms with Crippen LogP contribution in [0.25, 0.3) is 0 Å². The quantitative estimate of drug-likeness (QED) is 0.766. The summed E-state index contributed by atoms with van der Waals surface area (Å²) in [6, 6.07) is 8.26. The zero-order valence-electron chi connectivity index (χ0n) is 11.3. The largest absolute Gasteiger partial charge is 0.493 e. The normalized spacial score (nSPS) is 21.1. The van der Waals surface area contributed by atoms with Crippen molar-refractivity contribution in [2.75, 3.05) is 20.8 Å². The highest BCUT2D eigenvalue weighted by atomic mass is 16.5. The van der Waals surface area contributed by atoms with E-state index in [0.29, 0.717) is 5.92 Å². The molecule has 0 N–H and O–H groups in total. The molecule has 0 fully saturated rings. The number of ether oxygens (including phenoxy) is 2. The minimum atomic E-state index is 0.179. The average Bonchev–Trinajstić information content (AvgIpc) is 2.44. The molecule has 98 valence electrons. The molecule has 3 nitrogen and oxygen atoms in total. The van der Waals surface area contributed by atoms with Gasteiger partial charge in [-0.15, -0.1) is 0 Å². The standard InChI is InChI=1S/C15H21NO2/c1-11(16-2)10-15(17-3)13-8-9-18-14-7-5-4-6-12(13)14/h4-7,13,15H,8-10H2,1-3H3. The first kappa shape index (κ1) is 13.1. The van der Waals surface area contributed by atoms with Crippen molar-refractivity contribution in [1.29, 1.82) is 0 Å². The van der Waals surface area contributed by atoms with Crippen LogP contribution in [0, 0.1) is 0 Å². The molecule has 1 aromatic carbocycles. The third kappa shape index (κ3) is 2.72. The van der Waals surface area contributed by atoms with Crippen LogP contribution in [-0.2, 0) is 4.74 Å². The minimum absolute atomic E-state index is 0.179. The Labute approximate surface area is 109 Å². The van der Waals surface area contributed by atoms with Gasteiger partial charge in [0.25, 0.3) is 0 Å². The fourth-order valence-electron chi connectivity index (χ4n) is 2.53. The van der Waals surface area contributed by atoms with E-state index in [1.54, 1.807) is 7.11 Å². The van der Waals surface area contributed by atoms with Crippen LogP contribution in [0.15, 0.2) is 29.3 Å². The van der Waals surface area contributed by atoms with Crippen molar-refractivity contribution in [1.82, 2.24) is 0 Å². The summed E-state index contributed by atoms with van der Waals surface area (Å²) in [6.45, 7) is 2.82. The van der Waals surface area contributed by atoms with E-state index < -0.39 is 0 Å². The molecule has 0 bridgehead atoms. The molecule has 0 spiro atoms. The van der Waals surface area contributed by atoms with Crippen molar-refractivity contribution in [2.45, 2.75) is 31.8 Å². The molecule has 1 heterocycles. The van der Waals surface area contributed by atoms with Crippen molar-refractivity contribution >= 4 is 5.71 Å². The molecule has 0 saturated carbocycles. The highest BCUT2D eigenvalue weighted by molar-refractivity contribution is 5.82. The van der Waals surface area contributed by atoms with E-state index in [9.17, 15) is 0 Å². The van der Waals surface area contributed by atoms with Crippen LogP contribution in [0.4, 0.5) is 0 Å². The molecule has 18 heavy (non-hydrogen) atoms. The molecular weight excluding hydrogens is 226 g/mol. The summed E-state index contributed by atoms with van der Waals surface area (Å²) < 4.78 is 11.4.